The molecule has 22 heavy (non-hydrogen) atoms. The minimum Gasteiger partial charge on any atom is -0.357 e. The van der Waals surface area contributed by atoms with Crippen molar-refractivity contribution >= 4 is 0 Å². The summed E-state index contributed by atoms with van der Waals surface area (Å²) in [6.45, 7) is 1.35. The molecule has 114 valence electrons. The van der Waals surface area contributed by atoms with Gasteiger partial charge in [-0.05, 0) is 11.1 Å². The highest BCUT2D eigenvalue weighted by Crippen LogP contribution is 2.26. The Labute approximate surface area is 130 Å². The van der Waals surface area contributed by atoms with Gasteiger partial charge in [0.25, 0.3) is 0 Å². The van der Waals surface area contributed by atoms with E-state index in [9.17, 15) is 0 Å². The van der Waals surface area contributed by atoms with E-state index in [2.05, 4.69) is 59.2 Å². The zero-order valence-electron chi connectivity index (χ0n) is 12.3. The number of hydrogen-bond donors (Lipinski definition) is 2. The van der Waals surface area contributed by atoms with Crippen LogP contribution in [0.4, 0.5) is 0 Å². The van der Waals surface area contributed by atoms with Gasteiger partial charge in [0.1, 0.15) is 12.5 Å². The minimum absolute atomic E-state index is 0.112. The molecule has 4 heteroatoms. The first-order chi connectivity index (χ1) is 10.9. The Bertz CT molecular complexity index is 549. The van der Waals surface area contributed by atoms with Crippen molar-refractivity contribution in [1.82, 2.24) is 10.6 Å². The molecule has 4 rings (SSSR count). The number of rotatable bonds is 3. The molecule has 2 saturated heterocycles. The summed E-state index contributed by atoms with van der Waals surface area (Å²) in [5.74, 6) is 0. The fraction of sp³-hybridized carbons (Fsp3) is 0.333. The quantitative estimate of drug-likeness (QED) is 0.912. The Morgan fingerprint density at radius 2 is 1.05 bits per heavy atom. The number of ether oxygens (including phenoxy) is 2. The molecule has 2 heterocycles. The zero-order chi connectivity index (χ0) is 14.8. The monoisotopic (exact) mass is 296 g/mol. The molecular weight excluding hydrogens is 276 g/mol. The van der Waals surface area contributed by atoms with Gasteiger partial charge in [-0.2, -0.15) is 0 Å². The largest absolute Gasteiger partial charge is 0.357 e. The van der Waals surface area contributed by atoms with E-state index in [0.29, 0.717) is 13.2 Å². The minimum atomic E-state index is -0.112. The highest BCUT2D eigenvalue weighted by Gasteiger charge is 2.37. The molecule has 0 spiro atoms. The molecule has 2 aromatic rings. The Balaban J connectivity index is 1.38. The number of benzene rings is 2. The zero-order valence-corrected chi connectivity index (χ0v) is 12.3. The van der Waals surface area contributed by atoms with E-state index < -0.39 is 0 Å². The van der Waals surface area contributed by atoms with Gasteiger partial charge in [0.2, 0.25) is 0 Å². The van der Waals surface area contributed by atoms with Crippen LogP contribution in [0, 0.1) is 0 Å². The van der Waals surface area contributed by atoms with Gasteiger partial charge >= 0.3 is 0 Å². The average Bonchev–Trinajstić information content (AvgIpc) is 3.26. The molecule has 2 aliphatic rings. The van der Waals surface area contributed by atoms with Crippen LogP contribution in [0.5, 0.6) is 0 Å². The second kappa shape index (κ2) is 6.18. The normalized spacial score (nSPS) is 31.5. The van der Waals surface area contributed by atoms with E-state index in [1.807, 2.05) is 12.1 Å². The smallest absolute Gasteiger partial charge is 0.148 e. The van der Waals surface area contributed by atoms with Gasteiger partial charge in [-0.15, -0.1) is 0 Å². The first-order valence-electron chi connectivity index (χ1n) is 7.75. The van der Waals surface area contributed by atoms with Gasteiger partial charge in [-0.25, -0.2) is 0 Å². The molecule has 2 fully saturated rings. The summed E-state index contributed by atoms with van der Waals surface area (Å²) in [7, 11) is 0. The summed E-state index contributed by atoms with van der Waals surface area (Å²) in [4.78, 5) is 0. The average molecular weight is 296 g/mol. The third-order valence-electron chi connectivity index (χ3n) is 4.29. The number of nitrogens with one attached hydrogen (secondary N) is 2. The Hall–Kier alpha value is -1.72. The van der Waals surface area contributed by atoms with E-state index in [1.165, 1.54) is 11.1 Å². The maximum atomic E-state index is 5.89. The molecule has 0 aliphatic carbocycles. The fourth-order valence-corrected chi connectivity index (χ4v) is 3.09. The van der Waals surface area contributed by atoms with Crippen molar-refractivity contribution < 1.29 is 9.47 Å². The van der Waals surface area contributed by atoms with Gasteiger partial charge in [0.05, 0.1) is 25.3 Å². The van der Waals surface area contributed by atoms with Gasteiger partial charge < -0.3 is 9.47 Å². The summed E-state index contributed by atoms with van der Waals surface area (Å²) in [5.41, 5.74) is 2.50. The van der Waals surface area contributed by atoms with Crippen molar-refractivity contribution in [2.75, 3.05) is 13.2 Å². The summed E-state index contributed by atoms with van der Waals surface area (Å²) < 4.78 is 11.8. The lowest BCUT2D eigenvalue weighted by Gasteiger charge is -2.19. The lowest BCUT2D eigenvalue weighted by molar-refractivity contribution is -0.0344. The molecule has 0 radical (unpaired) electrons. The molecular formula is C18H20N2O2. The molecule has 0 amide bonds. The third kappa shape index (κ3) is 2.78. The van der Waals surface area contributed by atoms with E-state index in [1.54, 1.807) is 0 Å². The second-order valence-electron chi connectivity index (χ2n) is 5.77. The van der Waals surface area contributed by atoms with E-state index in [0.717, 1.165) is 0 Å². The maximum absolute atomic E-state index is 5.89. The van der Waals surface area contributed by atoms with E-state index in [4.69, 9.17) is 9.47 Å². The van der Waals surface area contributed by atoms with Gasteiger partial charge in [-0.3, -0.25) is 10.6 Å². The first-order valence-corrected chi connectivity index (χ1v) is 7.75. The van der Waals surface area contributed by atoms with Crippen molar-refractivity contribution in [3.05, 3.63) is 71.8 Å². The first kappa shape index (κ1) is 13.9. The number of hydrogen-bond acceptors (Lipinski definition) is 4. The molecule has 4 atom stereocenters. The predicted molar refractivity (Wildman–Crippen MR) is 84.1 cm³/mol. The fourth-order valence-electron chi connectivity index (χ4n) is 3.09. The molecule has 2 unspecified atom stereocenters. The Morgan fingerprint density at radius 3 is 1.45 bits per heavy atom. The van der Waals surface area contributed by atoms with Crippen LogP contribution < -0.4 is 10.6 Å². The van der Waals surface area contributed by atoms with E-state index >= 15 is 0 Å². The van der Waals surface area contributed by atoms with Gasteiger partial charge in [-0.1, -0.05) is 60.7 Å². The molecule has 0 saturated carbocycles. The molecule has 4 nitrogen and oxygen atoms in total. The second-order valence-corrected chi connectivity index (χ2v) is 5.77. The standard InChI is InChI=1S/C18H20N2O2/c1-3-7-13(8-4-1)15-11-21-17(19-15)18-20-16(12-22-18)14-9-5-2-6-10-14/h1-10,15-20H,11-12H2/t15-,16-,17?,18?/m0/s1. The van der Waals surface area contributed by atoms with Crippen LogP contribution in [-0.2, 0) is 9.47 Å². The van der Waals surface area contributed by atoms with E-state index in [-0.39, 0.29) is 24.5 Å². The van der Waals surface area contributed by atoms with Crippen molar-refractivity contribution in [1.29, 1.82) is 0 Å². The van der Waals surface area contributed by atoms with Gasteiger partial charge in [0.15, 0.2) is 0 Å². The van der Waals surface area contributed by atoms with Crippen LogP contribution in [0.15, 0.2) is 60.7 Å². The summed E-state index contributed by atoms with van der Waals surface area (Å²) in [6, 6.07) is 21.2. The van der Waals surface area contributed by atoms with Crippen LogP contribution in [0.25, 0.3) is 0 Å². The molecule has 0 aromatic heterocycles. The van der Waals surface area contributed by atoms with Crippen LogP contribution in [0.1, 0.15) is 23.2 Å². The lowest BCUT2D eigenvalue weighted by atomic mass is 10.1. The van der Waals surface area contributed by atoms with Crippen LogP contribution in [0.2, 0.25) is 0 Å². The molecule has 2 N–H and O–H groups in total. The highest BCUT2D eigenvalue weighted by atomic mass is 16.6. The third-order valence-corrected chi connectivity index (χ3v) is 4.29. The predicted octanol–water partition coefficient (Wildman–Crippen LogP) is 2.36. The highest BCUT2D eigenvalue weighted by molar-refractivity contribution is 5.21. The summed E-state index contributed by atoms with van der Waals surface area (Å²) in [5, 5.41) is 7.02. The van der Waals surface area contributed by atoms with Crippen molar-refractivity contribution in [2.24, 2.45) is 0 Å². The van der Waals surface area contributed by atoms with Gasteiger partial charge in [0, 0.05) is 0 Å². The summed E-state index contributed by atoms with van der Waals surface area (Å²) >= 11 is 0. The topological polar surface area (TPSA) is 42.5 Å². The SMILES string of the molecule is c1ccc([C@@H]2COC(C3N[C@H](c4ccccc4)CO3)N2)cc1. The maximum Gasteiger partial charge on any atom is 0.148 e. The Morgan fingerprint density at radius 1 is 0.636 bits per heavy atom. The van der Waals surface area contributed by atoms with Crippen molar-refractivity contribution in [2.45, 2.75) is 24.5 Å². The Kier molecular flexibility index (Phi) is 3.91. The van der Waals surface area contributed by atoms with Crippen molar-refractivity contribution in [3.8, 4) is 0 Å². The molecule has 2 aliphatic heterocycles. The lowest BCUT2D eigenvalue weighted by Crippen LogP contribution is -2.43. The van der Waals surface area contributed by atoms with Crippen LogP contribution >= 0.6 is 0 Å². The van der Waals surface area contributed by atoms with Crippen molar-refractivity contribution in [3.63, 3.8) is 0 Å². The molecule has 2 aromatic carbocycles. The van der Waals surface area contributed by atoms with Crippen LogP contribution in [-0.4, -0.2) is 25.7 Å². The van der Waals surface area contributed by atoms with Crippen LogP contribution in [0.3, 0.4) is 0 Å². The molecule has 0 bridgehead atoms. The summed E-state index contributed by atoms with van der Waals surface area (Å²) in [6.07, 6.45) is -0.224.